The number of hydrogen-bond acceptors (Lipinski definition) is 4. The Hall–Kier alpha value is -1.33. The molecular formula is C20H26ClNO3. The van der Waals surface area contributed by atoms with Crippen molar-refractivity contribution in [2.75, 3.05) is 26.8 Å². The summed E-state index contributed by atoms with van der Waals surface area (Å²) < 4.78 is 10.9. The summed E-state index contributed by atoms with van der Waals surface area (Å²) in [7, 11) is 1.67. The van der Waals surface area contributed by atoms with Crippen molar-refractivity contribution in [3.8, 4) is 0 Å². The van der Waals surface area contributed by atoms with Crippen molar-refractivity contribution < 1.29 is 14.3 Å². The fourth-order valence-corrected chi connectivity index (χ4v) is 3.77. The maximum Gasteiger partial charge on any atom is 0.129 e. The van der Waals surface area contributed by atoms with Gasteiger partial charge in [-0.15, -0.1) is 0 Å². The predicted molar refractivity (Wildman–Crippen MR) is 98.6 cm³/mol. The third-order valence-corrected chi connectivity index (χ3v) is 5.53. The number of hydrogen-bond donors (Lipinski definition) is 1. The third-order valence-electron chi connectivity index (χ3n) is 5.16. The summed E-state index contributed by atoms with van der Waals surface area (Å²) in [5.41, 5.74) is 1.05. The Kier molecular flexibility index (Phi) is 6.18. The molecule has 0 amide bonds. The van der Waals surface area contributed by atoms with Gasteiger partial charge in [-0.1, -0.05) is 29.8 Å². The second-order valence-corrected chi connectivity index (χ2v) is 7.41. The topological polar surface area (TPSA) is 45.8 Å². The number of aliphatic hydroxyl groups is 1. The molecule has 1 saturated heterocycles. The fourth-order valence-electron chi connectivity index (χ4n) is 3.57. The number of furan rings is 1. The minimum Gasteiger partial charge on any atom is -0.462 e. The average Bonchev–Trinajstić information content (AvgIpc) is 3.06. The van der Waals surface area contributed by atoms with Crippen LogP contribution >= 0.6 is 11.6 Å². The first-order valence-corrected chi connectivity index (χ1v) is 9.15. The Bertz CT molecular complexity index is 677. The maximum atomic E-state index is 10.0. The van der Waals surface area contributed by atoms with Crippen molar-refractivity contribution >= 4 is 11.6 Å². The minimum atomic E-state index is -0.0775. The van der Waals surface area contributed by atoms with E-state index in [9.17, 15) is 5.11 Å². The van der Waals surface area contributed by atoms with E-state index in [1.807, 2.05) is 30.3 Å². The molecule has 0 radical (unpaired) electrons. The van der Waals surface area contributed by atoms with Gasteiger partial charge in [-0.2, -0.15) is 0 Å². The number of nitrogens with zero attached hydrogens (tertiary/aromatic N) is 1. The van der Waals surface area contributed by atoms with Crippen molar-refractivity contribution in [1.29, 1.82) is 0 Å². The molecule has 25 heavy (non-hydrogen) atoms. The molecule has 1 aliphatic heterocycles. The van der Waals surface area contributed by atoms with Crippen LogP contribution in [0, 0.1) is 5.41 Å². The first-order chi connectivity index (χ1) is 12.1. The Balaban J connectivity index is 1.58. The summed E-state index contributed by atoms with van der Waals surface area (Å²) in [4.78, 5) is 2.38. The molecule has 3 rings (SSSR count). The SMILES string of the molecule is COCc1ccc(CN2CCC(CO)(Cc3ccccc3Cl)CC2)o1. The Morgan fingerprint density at radius 2 is 1.88 bits per heavy atom. The number of aliphatic hydroxyl groups excluding tert-OH is 1. The molecule has 0 spiro atoms. The second-order valence-electron chi connectivity index (χ2n) is 7.00. The zero-order valence-corrected chi connectivity index (χ0v) is 15.5. The van der Waals surface area contributed by atoms with E-state index >= 15 is 0 Å². The lowest BCUT2D eigenvalue weighted by Gasteiger charge is -2.40. The lowest BCUT2D eigenvalue weighted by Crippen LogP contribution is -2.42. The summed E-state index contributed by atoms with van der Waals surface area (Å²) in [5, 5.41) is 10.8. The van der Waals surface area contributed by atoms with Crippen molar-refractivity contribution in [3.63, 3.8) is 0 Å². The Morgan fingerprint density at radius 3 is 2.56 bits per heavy atom. The molecular weight excluding hydrogens is 338 g/mol. The maximum absolute atomic E-state index is 10.0. The highest BCUT2D eigenvalue weighted by Crippen LogP contribution is 2.36. The van der Waals surface area contributed by atoms with Gasteiger partial charge < -0.3 is 14.3 Å². The van der Waals surface area contributed by atoms with Crippen molar-refractivity contribution in [3.05, 3.63) is 58.5 Å². The van der Waals surface area contributed by atoms with Gasteiger partial charge in [0, 0.05) is 18.7 Å². The monoisotopic (exact) mass is 363 g/mol. The minimum absolute atomic E-state index is 0.0775. The number of piperidine rings is 1. The quantitative estimate of drug-likeness (QED) is 0.810. The van der Waals surface area contributed by atoms with E-state index in [1.165, 1.54) is 0 Å². The highest BCUT2D eigenvalue weighted by Gasteiger charge is 2.34. The molecule has 0 unspecified atom stereocenters. The number of benzene rings is 1. The van der Waals surface area contributed by atoms with Crippen LogP contribution < -0.4 is 0 Å². The van der Waals surface area contributed by atoms with Crippen LogP contribution in [0.2, 0.25) is 5.02 Å². The van der Waals surface area contributed by atoms with Crippen LogP contribution in [0.4, 0.5) is 0 Å². The molecule has 0 bridgehead atoms. The number of likely N-dealkylation sites (tertiary alicyclic amines) is 1. The molecule has 5 heteroatoms. The normalized spacial score (nSPS) is 17.7. The number of rotatable bonds is 7. The highest BCUT2D eigenvalue weighted by molar-refractivity contribution is 6.31. The van der Waals surface area contributed by atoms with Crippen LogP contribution in [0.15, 0.2) is 40.8 Å². The van der Waals surface area contributed by atoms with E-state index in [0.717, 1.165) is 61.0 Å². The fraction of sp³-hybridized carbons (Fsp3) is 0.500. The largest absolute Gasteiger partial charge is 0.462 e. The van der Waals surface area contributed by atoms with Gasteiger partial charge in [0.25, 0.3) is 0 Å². The van der Waals surface area contributed by atoms with Crippen molar-refractivity contribution in [2.45, 2.75) is 32.4 Å². The van der Waals surface area contributed by atoms with Crippen LogP contribution in [0.1, 0.15) is 29.9 Å². The number of halogens is 1. The Morgan fingerprint density at radius 1 is 1.16 bits per heavy atom. The van der Waals surface area contributed by atoms with E-state index < -0.39 is 0 Å². The summed E-state index contributed by atoms with van der Waals surface area (Å²) >= 11 is 6.31. The predicted octanol–water partition coefficient (Wildman–Crippen LogP) is 3.90. The van der Waals surface area contributed by atoms with Crippen molar-refractivity contribution in [2.24, 2.45) is 5.41 Å². The molecule has 0 aliphatic carbocycles. The van der Waals surface area contributed by atoms with Gasteiger partial charge in [-0.3, -0.25) is 4.90 Å². The van der Waals surface area contributed by atoms with Gasteiger partial charge in [0.1, 0.15) is 18.1 Å². The van der Waals surface area contributed by atoms with E-state index in [4.69, 9.17) is 20.8 Å². The highest BCUT2D eigenvalue weighted by atomic mass is 35.5. The van der Waals surface area contributed by atoms with E-state index in [2.05, 4.69) is 11.0 Å². The van der Waals surface area contributed by atoms with Crippen LogP contribution in [-0.4, -0.2) is 36.8 Å². The molecule has 2 heterocycles. The van der Waals surface area contributed by atoms with Gasteiger partial charge in [-0.05, 0) is 61.5 Å². The van der Waals surface area contributed by atoms with Crippen LogP contribution in [0.5, 0.6) is 0 Å². The lowest BCUT2D eigenvalue weighted by atomic mass is 9.74. The van der Waals surface area contributed by atoms with E-state index in [0.29, 0.717) is 6.61 Å². The lowest BCUT2D eigenvalue weighted by molar-refractivity contribution is 0.0387. The summed E-state index contributed by atoms with van der Waals surface area (Å²) in [6.07, 6.45) is 2.75. The molecule has 1 aromatic heterocycles. The van der Waals surface area contributed by atoms with E-state index in [1.54, 1.807) is 7.11 Å². The molecule has 1 N–H and O–H groups in total. The average molecular weight is 364 g/mol. The Labute approximate surface area is 154 Å². The first kappa shape index (κ1) is 18.5. The third kappa shape index (κ3) is 4.64. The molecule has 1 fully saturated rings. The number of ether oxygens (including phenoxy) is 1. The van der Waals surface area contributed by atoms with Gasteiger partial charge in [-0.25, -0.2) is 0 Å². The summed E-state index contributed by atoms with van der Waals surface area (Å²) in [5.74, 6) is 1.83. The van der Waals surface area contributed by atoms with Crippen LogP contribution in [-0.2, 0) is 24.3 Å². The van der Waals surface area contributed by atoms with E-state index in [-0.39, 0.29) is 12.0 Å². The van der Waals surface area contributed by atoms with Crippen LogP contribution in [0.25, 0.3) is 0 Å². The zero-order chi connectivity index (χ0) is 17.7. The second kappa shape index (κ2) is 8.37. The first-order valence-electron chi connectivity index (χ1n) is 8.77. The standard InChI is InChI=1S/C20H26ClNO3/c1-24-14-18-7-6-17(25-18)13-22-10-8-20(15-23,9-11-22)12-16-4-2-3-5-19(16)21/h2-7,23H,8-15H2,1H3. The summed E-state index contributed by atoms with van der Waals surface area (Å²) in [6.45, 7) is 3.41. The van der Waals surface area contributed by atoms with Gasteiger partial charge in [0.15, 0.2) is 0 Å². The zero-order valence-electron chi connectivity index (χ0n) is 14.7. The molecule has 0 saturated carbocycles. The van der Waals surface area contributed by atoms with Crippen molar-refractivity contribution in [1.82, 2.24) is 4.90 Å². The van der Waals surface area contributed by atoms with Crippen LogP contribution in [0.3, 0.4) is 0 Å². The molecule has 4 nitrogen and oxygen atoms in total. The van der Waals surface area contributed by atoms with Gasteiger partial charge in [0.05, 0.1) is 6.54 Å². The molecule has 0 atom stereocenters. The molecule has 1 aromatic carbocycles. The molecule has 1 aliphatic rings. The van der Waals surface area contributed by atoms with Gasteiger partial charge >= 0.3 is 0 Å². The van der Waals surface area contributed by atoms with Gasteiger partial charge in [0.2, 0.25) is 0 Å². The molecule has 136 valence electrons. The smallest absolute Gasteiger partial charge is 0.129 e. The summed E-state index contributed by atoms with van der Waals surface area (Å²) in [6, 6.07) is 11.9. The molecule has 2 aromatic rings. The number of methoxy groups -OCH3 is 1.